The fourth-order valence-electron chi connectivity index (χ4n) is 3.38. The van der Waals surface area contributed by atoms with Crippen molar-refractivity contribution in [3.63, 3.8) is 0 Å². The Labute approximate surface area is 146 Å². The van der Waals surface area contributed by atoms with E-state index in [1.54, 1.807) is 0 Å². The van der Waals surface area contributed by atoms with Crippen LogP contribution in [0.25, 0.3) is 17.7 Å². The van der Waals surface area contributed by atoms with Crippen molar-refractivity contribution in [1.29, 1.82) is 0 Å². The van der Waals surface area contributed by atoms with Crippen molar-refractivity contribution in [2.24, 2.45) is 0 Å². The van der Waals surface area contributed by atoms with Gasteiger partial charge in [-0.05, 0) is 29.8 Å². The standard InChI is InChI=1S/C23H16O2/c1-2-8-17(9-3-1)20-16-19-11-5-7-13-22(19)25-23(20)15-14-18-10-4-6-12-21(18)24-23/h1-16H. The molecule has 1 atom stereocenters. The molecule has 3 aromatic rings. The molecule has 0 saturated heterocycles. The van der Waals surface area contributed by atoms with Gasteiger partial charge in [0.25, 0.3) is 5.79 Å². The summed E-state index contributed by atoms with van der Waals surface area (Å²) in [6.45, 7) is 0. The quantitative estimate of drug-likeness (QED) is 0.595. The Morgan fingerprint density at radius 2 is 1.20 bits per heavy atom. The first-order valence-electron chi connectivity index (χ1n) is 8.37. The van der Waals surface area contributed by atoms with E-state index in [2.05, 4.69) is 30.4 Å². The van der Waals surface area contributed by atoms with Crippen LogP contribution in [0.5, 0.6) is 11.5 Å². The number of ether oxygens (including phenoxy) is 2. The molecule has 0 N–H and O–H groups in total. The maximum atomic E-state index is 6.41. The SMILES string of the molecule is C1=CC2(Oc3ccccc31)Oc1ccccc1C=C2c1ccccc1. The molecule has 120 valence electrons. The largest absolute Gasteiger partial charge is 0.444 e. The summed E-state index contributed by atoms with van der Waals surface area (Å²) in [6.07, 6.45) is 6.24. The highest BCUT2D eigenvalue weighted by atomic mass is 16.7. The first-order chi connectivity index (χ1) is 12.3. The van der Waals surface area contributed by atoms with Gasteiger partial charge in [-0.1, -0.05) is 66.7 Å². The Balaban J connectivity index is 1.71. The number of benzene rings is 3. The zero-order valence-corrected chi connectivity index (χ0v) is 13.6. The normalized spacial score (nSPS) is 20.1. The summed E-state index contributed by atoms with van der Waals surface area (Å²) < 4.78 is 12.8. The molecule has 2 nitrogen and oxygen atoms in total. The van der Waals surface area contributed by atoms with Crippen LogP contribution in [0.4, 0.5) is 0 Å². The Bertz CT molecular complexity index is 997. The summed E-state index contributed by atoms with van der Waals surface area (Å²) in [6, 6.07) is 26.3. The van der Waals surface area contributed by atoms with Gasteiger partial charge in [0.2, 0.25) is 0 Å². The van der Waals surface area contributed by atoms with Crippen LogP contribution in [-0.2, 0) is 0 Å². The third-order valence-corrected chi connectivity index (χ3v) is 4.60. The van der Waals surface area contributed by atoms with Gasteiger partial charge in [-0.3, -0.25) is 0 Å². The minimum Gasteiger partial charge on any atom is -0.444 e. The predicted molar refractivity (Wildman–Crippen MR) is 100 cm³/mol. The molecule has 2 aliphatic heterocycles. The summed E-state index contributed by atoms with van der Waals surface area (Å²) in [4.78, 5) is 0. The van der Waals surface area contributed by atoms with Crippen molar-refractivity contribution in [1.82, 2.24) is 0 Å². The lowest BCUT2D eigenvalue weighted by Gasteiger charge is -2.39. The van der Waals surface area contributed by atoms with Gasteiger partial charge in [-0.15, -0.1) is 0 Å². The van der Waals surface area contributed by atoms with E-state index < -0.39 is 5.79 Å². The van der Waals surface area contributed by atoms with Crippen LogP contribution in [0.2, 0.25) is 0 Å². The van der Waals surface area contributed by atoms with E-state index in [1.807, 2.05) is 66.7 Å². The van der Waals surface area contributed by atoms with Crippen LogP contribution in [0.15, 0.2) is 84.9 Å². The predicted octanol–water partition coefficient (Wildman–Crippen LogP) is 5.42. The molecular weight excluding hydrogens is 308 g/mol. The Kier molecular flexibility index (Phi) is 3.04. The molecule has 0 saturated carbocycles. The second-order valence-corrected chi connectivity index (χ2v) is 6.20. The van der Waals surface area contributed by atoms with Crippen LogP contribution in [0.1, 0.15) is 16.7 Å². The topological polar surface area (TPSA) is 18.5 Å². The molecule has 5 rings (SSSR count). The second-order valence-electron chi connectivity index (χ2n) is 6.20. The van der Waals surface area contributed by atoms with Gasteiger partial charge >= 0.3 is 0 Å². The molecule has 0 bridgehead atoms. The van der Waals surface area contributed by atoms with E-state index in [0.717, 1.165) is 33.8 Å². The first kappa shape index (κ1) is 14.1. The molecule has 0 radical (unpaired) electrons. The minimum atomic E-state index is -0.954. The Morgan fingerprint density at radius 1 is 0.600 bits per heavy atom. The molecular formula is C23H16O2. The fraction of sp³-hybridized carbons (Fsp3) is 0.0435. The Morgan fingerprint density at radius 3 is 1.96 bits per heavy atom. The Hall–Kier alpha value is -3.26. The van der Waals surface area contributed by atoms with Crippen molar-refractivity contribution in [2.45, 2.75) is 5.79 Å². The molecule has 25 heavy (non-hydrogen) atoms. The number of para-hydroxylation sites is 2. The van der Waals surface area contributed by atoms with Crippen LogP contribution in [-0.4, -0.2) is 5.79 Å². The van der Waals surface area contributed by atoms with E-state index in [9.17, 15) is 0 Å². The highest BCUT2D eigenvalue weighted by molar-refractivity contribution is 5.91. The summed E-state index contributed by atoms with van der Waals surface area (Å²) in [5, 5.41) is 0. The van der Waals surface area contributed by atoms with Gasteiger partial charge < -0.3 is 9.47 Å². The minimum absolute atomic E-state index is 0.825. The monoisotopic (exact) mass is 324 g/mol. The van der Waals surface area contributed by atoms with Gasteiger partial charge in [-0.25, -0.2) is 0 Å². The molecule has 0 amide bonds. The zero-order valence-electron chi connectivity index (χ0n) is 13.6. The maximum absolute atomic E-state index is 6.41. The summed E-state index contributed by atoms with van der Waals surface area (Å²) >= 11 is 0. The van der Waals surface area contributed by atoms with Crippen LogP contribution in [0, 0.1) is 0 Å². The number of hydrogen-bond acceptors (Lipinski definition) is 2. The van der Waals surface area contributed by atoms with Gasteiger partial charge in [-0.2, -0.15) is 0 Å². The van der Waals surface area contributed by atoms with E-state index in [1.165, 1.54) is 0 Å². The van der Waals surface area contributed by atoms with Crippen molar-refractivity contribution in [3.05, 3.63) is 102 Å². The first-order valence-corrected chi connectivity index (χ1v) is 8.37. The summed E-state index contributed by atoms with van der Waals surface area (Å²) in [7, 11) is 0. The fourth-order valence-corrected chi connectivity index (χ4v) is 3.38. The number of fused-ring (bicyclic) bond motifs is 2. The average molecular weight is 324 g/mol. The highest BCUT2D eigenvalue weighted by Gasteiger charge is 2.42. The summed E-state index contributed by atoms with van der Waals surface area (Å²) in [5.74, 6) is 0.696. The molecule has 0 fully saturated rings. The number of rotatable bonds is 1. The van der Waals surface area contributed by atoms with Gasteiger partial charge in [0, 0.05) is 22.8 Å². The van der Waals surface area contributed by atoms with E-state index in [4.69, 9.17) is 9.47 Å². The van der Waals surface area contributed by atoms with Crippen molar-refractivity contribution in [3.8, 4) is 11.5 Å². The lowest BCUT2D eigenvalue weighted by atomic mass is 9.90. The highest BCUT2D eigenvalue weighted by Crippen LogP contribution is 2.45. The zero-order chi connectivity index (χ0) is 16.7. The van der Waals surface area contributed by atoms with E-state index in [-0.39, 0.29) is 0 Å². The molecule has 2 heteroatoms. The lowest BCUT2D eigenvalue weighted by molar-refractivity contribution is -0.0212. The molecule has 2 aliphatic rings. The van der Waals surface area contributed by atoms with Crippen LogP contribution >= 0.6 is 0 Å². The van der Waals surface area contributed by atoms with Crippen LogP contribution < -0.4 is 9.47 Å². The van der Waals surface area contributed by atoms with Gasteiger partial charge in [0.1, 0.15) is 11.5 Å². The van der Waals surface area contributed by atoms with Gasteiger partial charge in [0.05, 0.1) is 0 Å². The third-order valence-electron chi connectivity index (χ3n) is 4.60. The number of hydrogen-bond donors (Lipinski definition) is 0. The molecule has 2 heterocycles. The molecule has 1 unspecified atom stereocenters. The lowest BCUT2D eigenvalue weighted by Crippen LogP contribution is -2.44. The van der Waals surface area contributed by atoms with Crippen molar-refractivity contribution >= 4 is 17.7 Å². The van der Waals surface area contributed by atoms with Gasteiger partial charge in [0.15, 0.2) is 0 Å². The summed E-state index contributed by atoms with van der Waals surface area (Å²) in [5.41, 5.74) is 4.20. The molecule has 0 aromatic heterocycles. The van der Waals surface area contributed by atoms with Crippen molar-refractivity contribution < 1.29 is 9.47 Å². The average Bonchev–Trinajstić information content (AvgIpc) is 2.68. The van der Waals surface area contributed by atoms with E-state index in [0.29, 0.717) is 0 Å². The maximum Gasteiger partial charge on any atom is 0.299 e. The van der Waals surface area contributed by atoms with Crippen molar-refractivity contribution in [2.75, 3.05) is 0 Å². The second kappa shape index (κ2) is 5.38. The molecule has 1 spiro atoms. The molecule has 0 aliphatic carbocycles. The third kappa shape index (κ3) is 2.26. The van der Waals surface area contributed by atoms with E-state index >= 15 is 0 Å². The smallest absolute Gasteiger partial charge is 0.299 e. The van der Waals surface area contributed by atoms with Crippen LogP contribution in [0.3, 0.4) is 0 Å². The molecule has 3 aromatic carbocycles.